The van der Waals surface area contributed by atoms with Crippen molar-refractivity contribution in [1.29, 1.82) is 0 Å². The topological polar surface area (TPSA) is 66.0 Å². The highest BCUT2D eigenvalue weighted by atomic mass is 35.5. The quantitative estimate of drug-likeness (QED) is 0.669. The van der Waals surface area contributed by atoms with Crippen LogP contribution in [0.4, 0.5) is 16.3 Å². The van der Waals surface area contributed by atoms with Crippen LogP contribution in [0.5, 0.6) is 0 Å². The third-order valence-electron chi connectivity index (χ3n) is 4.10. The number of hydrogen-bond acceptors (Lipinski definition) is 5. The average Bonchev–Trinajstić information content (AvgIpc) is 2.50. The Morgan fingerprint density at radius 1 is 1.33 bits per heavy atom. The minimum absolute atomic E-state index is 0.0696. The molecule has 3 heterocycles. The highest BCUT2D eigenvalue weighted by Gasteiger charge is 2.42. The number of likely N-dealkylation sites (N-methyl/N-ethyl adjacent to an activating group) is 1. The van der Waals surface area contributed by atoms with E-state index in [0.29, 0.717) is 24.1 Å². The molecule has 2 aliphatic heterocycles. The zero-order chi connectivity index (χ0) is 17.6. The largest absolute Gasteiger partial charge is 0.444 e. The van der Waals surface area contributed by atoms with Gasteiger partial charge in [-0.1, -0.05) is 11.6 Å². The van der Waals surface area contributed by atoms with E-state index in [1.165, 1.54) is 0 Å². The van der Waals surface area contributed by atoms with Gasteiger partial charge in [-0.2, -0.15) is 0 Å². The number of nitrogens with zero attached hydrogens (tertiary/aromatic N) is 4. The summed E-state index contributed by atoms with van der Waals surface area (Å²) < 4.78 is 5.41. The number of hydrogen-bond donors (Lipinski definition) is 0. The lowest BCUT2D eigenvalue weighted by molar-refractivity contribution is -0.120. The Morgan fingerprint density at radius 2 is 2.04 bits per heavy atom. The molecule has 1 atom stereocenters. The van der Waals surface area contributed by atoms with Gasteiger partial charge < -0.3 is 19.4 Å². The van der Waals surface area contributed by atoms with Gasteiger partial charge in [0, 0.05) is 20.1 Å². The molecule has 7 nitrogen and oxygen atoms in total. The van der Waals surface area contributed by atoms with Crippen LogP contribution in [0.25, 0.3) is 0 Å². The molecule has 1 fully saturated rings. The van der Waals surface area contributed by atoms with Crippen molar-refractivity contribution in [3.05, 3.63) is 17.3 Å². The number of halogens is 1. The molecule has 2 amide bonds. The van der Waals surface area contributed by atoms with E-state index in [4.69, 9.17) is 16.3 Å². The van der Waals surface area contributed by atoms with E-state index >= 15 is 0 Å². The number of rotatable bonds is 0. The molecule has 0 spiro atoms. The number of carbonyl (C=O) groups excluding carboxylic acids is 2. The Hall–Kier alpha value is -2.02. The first kappa shape index (κ1) is 16.8. The van der Waals surface area contributed by atoms with Crippen LogP contribution in [0.15, 0.2) is 12.1 Å². The molecule has 1 unspecified atom stereocenters. The molecule has 0 saturated carbocycles. The Balaban J connectivity index is 1.85. The number of fused-ring (bicyclic) bond motifs is 3. The van der Waals surface area contributed by atoms with Crippen molar-refractivity contribution in [2.45, 2.75) is 32.4 Å². The number of piperazine rings is 1. The van der Waals surface area contributed by atoms with Crippen LogP contribution in [0, 0.1) is 0 Å². The van der Waals surface area contributed by atoms with Gasteiger partial charge in [0.15, 0.2) is 5.82 Å². The van der Waals surface area contributed by atoms with Gasteiger partial charge in [0.2, 0.25) is 0 Å². The summed E-state index contributed by atoms with van der Waals surface area (Å²) in [6, 6.07) is 2.98. The Kier molecular flexibility index (Phi) is 4.07. The maximum Gasteiger partial charge on any atom is 0.410 e. The lowest BCUT2D eigenvalue weighted by Crippen LogP contribution is -2.63. The van der Waals surface area contributed by atoms with Crippen LogP contribution >= 0.6 is 11.6 Å². The molecule has 3 rings (SSSR count). The molecule has 0 bridgehead atoms. The fourth-order valence-corrected chi connectivity index (χ4v) is 3.12. The van der Waals surface area contributed by atoms with Crippen molar-refractivity contribution in [3.8, 4) is 0 Å². The number of carbonyl (C=O) groups is 2. The molecule has 8 heteroatoms. The number of amides is 2. The van der Waals surface area contributed by atoms with Crippen molar-refractivity contribution in [1.82, 2.24) is 9.88 Å². The second-order valence-electron chi connectivity index (χ2n) is 7.01. The highest BCUT2D eigenvalue weighted by Crippen LogP contribution is 2.36. The minimum atomic E-state index is -0.566. The summed E-state index contributed by atoms with van der Waals surface area (Å²) in [4.78, 5) is 34.4. The second-order valence-corrected chi connectivity index (χ2v) is 7.40. The maximum atomic E-state index is 12.7. The summed E-state index contributed by atoms with van der Waals surface area (Å²) in [5, 5.41) is 0.379. The predicted octanol–water partition coefficient (Wildman–Crippen LogP) is 2.14. The molecule has 1 aromatic rings. The SMILES string of the molecule is CN1C(=O)C2CN(C(=O)OC(C)(C)C)CCN2c2nc(Cl)ccc21. The first-order chi connectivity index (χ1) is 11.2. The third kappa shape index (κ3) is 3.00. The van der Waals surface area contributed by atoms with Crippen LogP contribution in [0.2, 0.25) is 5.15 Å². The van der Waals surface area contributed by atoms with E-state index in [9.17, 15) is 9.59 Å². The van der Waals surface area contributed by atoms with E-state index in [2.05, 4.69) is 4.98 Å². The first-order valence-electron chi connectivity index (χ1n) is 7.86. The van der Waals surface area contributed by atoms with Gasteiger partial charge in [-0.3, -0.25) is 4.79 Å². The van der Waals surface area contributed by atoms with Gasteiger partial charge in [0.1, 0.15) is 16.8 Å². The molecule has 0 aromatic carbocycles. The number of ether oxygens (including phenoxy) is 1. The molecular formula is C16H21ClN4O3. The summed E-state index contributed by atoms with van der Waals surface area (Å²) in [6.45, 7) is 6.71. The lowest BCUT2D eigenvalue weighted by atomic mass is 10.1. The van der Waals surface area contributed by atoms with Crippen LogP contribution in [0.3, 0.4) is 0 Å². The maximum absolute atomic E-state index is 12.7. The van der Waals surface area contributed by atoms with E-state index in [-0.39, 0.29) is 12.5 Å². The highest BCUT2D eigenvalue weighted by molar-refractivity contribution is 6.29. The van der Waals surface area contributed by atoms with Gasteiger partial charge in [-0.05, 0) is 32.9 Å². The van der Waals surface area contributed by atoms with E-state index < -0.39 is 17.7 Å². The van der Waals surface area contributed by atoms with Gasteiger partial charge in [-0.15, -0.1) is 0 Å². The lowest BCUT2D eigenvalue weighted by Gasteiger charge is -2.46. The Bertz CT molecular complexity index is 688. The van der Waals surface area contributed by atoms with Crippen molar-refractivity contribution < 1.29 is 14.3 Å². The smallest absolute Gasteiger partial charge is 0.410 e. The molecule has 130 valence electrons. The predicted molar refractivity (Wildman–Crippen MR) is 91.6 cm³/mol. The van der Waals surface area contributed by atoms with Crippen molar-refractivity contribution in [2.75, 3.05) is 36.5 Å². The summed E-state index contributed by atoms with van der Waals surface area (Å²) in [5.74, 6) is 0.610. The zero-order valence-electron chi connectivity index (χ0n) is 14.2. The molecule has 0 N–H and O–H groups in total. The number of anilines is 2. The van der Waals surface area contributed by atoms with Gasteiger partial charge in [0.25, 0.3) is 5.91 Å². The molecule has 2 aliphatic rings. The van der Waals surface area contributed by atoms with Gasteiger partial charge in [-0.25, -0.2) is 9.78 Å². The third-order valence-corrected chi connectivity index (χ3v) is 4.31. The molecule has 1 aromatic heterocycles. The van der Waals surface area contributed by atoms with Crippen molar-refractivity contribution in [2.24, 2.45) is 0 Å². The zero-order valence-corrected chi connectivity index (χ0v) is 15.0. The Morgan fingerprint density at radius 3 is 2.71 bits per heavy atom. The summed E-state index contributed by atoms with van der Waals surface area (Å²) in [7, 11) is 1.71. The van der Waals surface area contributed by atoms with Crippen LogP contribution < -0.4 is 9.80 Å². The monoisotopic (exact) mass is 352 g/mol. The average molecular weight is 353 g/mol. The second kappa shape index (κ2) is 5.81. The fourth-order valence-electron chi connectivity index (χ4n) is 2.97. The summed E-state index contributed by atoms with van der Waals surface area (Å²) in [6.07, 6.45) is -0.401. The number of pyridine rings is 1. The summed E-state index contributed by atoms with van der Waals surface area (Å²) in [5.41, 5.74) is 0.162. The van der Waals surface area contributed by atoms with E-state index in [0.717, 1.165) is 5.69 Å². The normalized spacial score (nSPS) is 20.6. The van der Waals surface area contributed by atoms with Crippen LogP contribution in [-0.4, -0.2) is 60.2 Å². The molecular weight excluding hydrogens is 332 g/mol. The van der Waals surface area contributed by atoms with Gasteiger partial charge >= 0.3 is 6.09 Å². The Labute approximate surface area is 146 Å². The number of aromatic nitrogens is 1. The summed E-state index contributed by atoms with van der Waals surface area (Å²) >= 11 is 6.02. The fraction of sp³-hybridized carbons (Fsp3) is 0.562. The molecule has 24 heavy (non-hydrogen) atoms. The molecule has 1 saturated heterocycles. The first-order valence-corrected chi connectivity index (χ1v) is 8.24. The van der Waals surface area contributed by atoms with Crippen molar-refractivity contribution >= 4 is 35.1 Å². The standard InChI is InChI=1S/C16H21ClN4O3/c1-16(2,3)24-15(23)20-7-8-21-11(9-20)14(22)19(4)10-5-6-12(17)18-13(10)21/h5-6,11H,7-9H2,1-4H3. The van der Waals surface area contributed by atoms with E-state index in [1.807, 2.05) is 25.7 Å². The molecule has 0 radical (unpaired) electrons. The van der Waals surface area contributed by atoms with Crippen LogP contribution in [-0.2, 0) is 9.53 Å². The van der Waals surface area contributed by atoms with Crippen molar-refractivity contribution in [3.63, 3.8) is 0 Å². The van der Waals surface area contributed by atoms with Crippen LogP contribution in [0.1, 0.15) is 20.8 Å². The van der Waals surface area contributed by atoms with E-state index in [1.54, 1.807) is 29.0 Å². The van der Waals surface area contributed by atoms with Gasteiger partial charge in [0.05, 0.1) is 12.2 Å². The minimum Gasteiger partial charge on any atom is -0.444 e. The molecule has 0 aliphatic carbocycles.